The molecule has 1 atom stereocenters. The Kier molecular flexibility index (Phi) is 8.17. The number of carbonyl (C=O) groups is 2. The normalized spacial score (nSPS) is 15.7. The van der Waals surface area contributed by atoms with Gasteiger partial charge in [-0.1, -0.05) is 22.6 Å². The zero-order chi connectivity index (χ0) is 19.4. The highest BCUT2D eigenvalue weighted by Gasteiger charge is 2.49. The zero-order valence-corrected chi connectivity index (χ0v) is 18.3. The molecule has 0 aliphatic carbocycles. The number of quaternary nitrogens is 1. The Morgan fingerprint density at radius 3 is 2.00 bits per heavy atom. The summed E-state index contributed by atoms with van der Waals surface area (Å²) in [5, 5.41) is 8.79. The molecule has 0 radical (unpaired) electrons. The fourth-order valence-corrected chi connectivity index (χ4v) is 2.90. The van der Waals surface area contributed by atoms with Gasteiger partial charge in [0.2, 0.25) is 0 Å². The van der Waals surface area contributed by atoms with Gasteiger partial charge >= 0.3 is 11.9 Å². The summed E-state index contributed by atoms with van der Waals surface area (Å²) < 4.78 is 5.74. The van der Waals surface area contributed by atoms with Gasteiger partial charge in [0.05, 0.1) is 32.5 Å². The molecule has 0 spiro atoms. The minimum absolute atomic E-state index is 0.0980. The number of nitrogens with two attached hydrogens (primary N) is 1. The van der Waals surface area contributed by atoms with Crippen molar-refractivity contribution in [3.63, 3.8) is 0 Å². The molecule has 0 aromatic heterocycles. The molecule has 0 saturated carbocycles. The van der Waals surface area contributed by atoms with Crippen LogP contribution in [0.3, 0.4) is 0 Å². The Morgan fingerprint density at radius 2 is 1.62 bits per heavy atom. The van der Waals surface area contributed by atoms with Gasteiger partial charge in [0.15, 0.2) is 0 Å². The van der Waals surface area contributed by atoms with E-state index in [-0.39, 0.29) is 22.4 Å². The molecule has 7 heteroatoms. The summed E-state index contributed by atoms with van der Waals surface area (Å²) in [5.74, 6) is -1.07. The Labute approximate surface area is 159 Å². The van der Waals surface area contributed by atoms with E-state index in [1.165, 1.54) is 0 Å². The fraction of sp³-hybridized carbons (Fsp3) is 0.882. The third-order valence-electron chi connectivity index (χ3n) is 4.43. The first-order valence-corrected chi connectivity index (χ1v) is 9.27. The lowest BCUT2D eigenvalue weighted by molar-refractivity contribution is -0.889. The minimum Gasteiger partial charge on any atom is -0.481 e. The first-order valence-electron chi connectivity index (χ1n) is 8.19. The topological polar surface area (TPSA) is 89.6 Å². The highest BCUT2D eigenvalue weighted by atomic mass is 127. The van der Waals surface area contributed by atoms with Crippen LogP contribution in [0, 0.1) is 5.41 Å². The zero-order valence-electron chi connectivity index (χ0n) is 16.1. The van der Waals surface area contributed by atoms with Crippen molar-refractivity contribution in [1.82, 2.24) is 0 Å². The summed E-state index contributed by atoms with van der Waals surface area (Å²) in [4.78, 5) is 23.5. The molecule has 0 aliphatic rings. The molecule has 6 nitrogen and oxygen atoms in total. The first-order chi connectivity index (χ1) is 10.5. The van der Waals surface area contributed by atoms with E-state index in [4.69, 9.17) is 15.6 Å². The molecule has 3 N–H and O–H groups in total. The molecule has 0 aliphatic heterocycles. The summed E-state index contributed by atoms with van der Waals surface area (Å²) >= 11 is 2.27. The second-order valence-electron chi connectivity index (χ2n) is 8.63. The molecule has 1 unspecified atom stereocenters. The van der Waals surface area contributed by atoms with E-state index in [0.717, 1.165) is 0 Å². The third kappa shape index (κ3) is 8.11. The molecule has 0 aromatic carbocycles. The number of ether oxygens (including phenoxy) is 1. The van der Waals surface area contributed by atoms with Crippen LogP contribution in [0.2, 0.25) is 0 Å². The van der Waals surface area contributed by atoms with E-state index in [2.05, 4.69) is 22.6 Å². The average molecular weight is 457 g/mol. The van der Waals surface area contributed by atoms with Gasteiger partial charge in [-0.2, -0.15) is 0 Å². The summed E-state index contributed by atoms with van der Waals surface area (Å²) in [6.07, 6.45) is 0.618. The lowest BCUT2D eigenvalue weighted by atomic mass is 9.71. The monoisotopic (exact) mass is 457 g/mol. The fourth-order valence-electron chi connectivity index (χ4n) is 2.49. The van der Waals surface area contributed by atoms with Crippen LogP contribution >= 0.6 is 22.6 Å². The molecule has 0 bridgehead atoms. The van der Waals surface area contributed by atoms with Crippen LogP contribution in [0.5, 0.6) is 0 Å². The van der Waals surface area contributed by atoms with Crippen molar-refractivity contribution in [2.75, 3.05) is 33.8 Å². The van der Waals surface area contributed by atoms with Crippen LogP contribution in [-0.4, -0.2) is 64.3 Å². The van der Waals surface area contributed by atoms with Crippen LogP contribution in [0.15, 0.2) is 0 Å². The number of carboxylic acids is 1. The lowest BCUT2D eigenvalue weighted by Crippen LogP contribution is -2.51. The molecule has 0 amide bonds. The second kappa shape index (κ2) is 8.31. The maximum absolute atomic E-state index is 12.8. The Hall–Kier alpha value is -0.410. The van der Waals surface area contributed by atoms with Crippen LogP contribution in [0.25, 0.3) is 0 Å². The van der Waals surface area contributed by atoms with Gasteiger partial charge < -0.3 is 20.1 Å². The quantitative estimate of drug-likeness (QED) is 0.228. The van der Waals surface area contributed by atoms with Gasteiger partial charge in [-0.25, -0.2) is 0 Å². The highest BCUT2D eigenvalue weighted by molar-refractivity contribution is 14.1. The number of nitrogens with zero attached hydrogens (tertiary/aromatic N) is 1. The molecular formula is C17H34IN2O4+. The number of alkyl halides is 1. The number of rotatable bonds is 10. The highest BCUT2D eigenvalue weighted by Crippen LogP contribution is 2.44. The van der Waals surface area contributed by atoms with Gasteiger partial charge in [-0.05, 0) is 41.0 Å². The van der Waals surface area contributed by atoms with Crippen molar-refractivity contribution in [2.45, 2.75) is 56.4 Å². The number of likely N-dealkylation sites (N-methyl/N-ethyl adjacent to an activating group) is 1. The standard InChI is InChI=1S/C17H33IN2O4/c1-15(2,19)12-17(5,16(3,4)18)14(23)24-11-10-20(6,7)9-8-13(21)22/h8-12,19H2,1-7H3/p+1. The van der Waals surface area contributed by atoms with E-state index < -0.39 is 16.9 Å². The number of hydrogen-bond acceptors (Lipinski definition) is 4. The Bertz CT molecular complexity index is 452. The van der Waals surface area contributed by atoms with Gasteiger partial charge in [0.1, 0.15) is 13.2 Å². The predicted molar refractivity (Wildman–Crippen MR) is 104 cm³/mol. The Balaban J connectivity index is 4.84. The van der Waals surface area contributed by atoms with Crippen LogP contribution in [0.1, 0.15) is 47.5 Å². The van der Waals surface area contributed by atoms with E-state index in [0.29, 0.717) is 24.0 Å². The van der Waals surface area contributed by atoms with Crippen molar-refractivity contribution >= 4 is 34.5 Å². The van der Waals surface area contributed by atoms with Crippen LogP contribution in [-0.2, 0) is 14.3 Å². The van der Waals surface area contributed by atoms with Gasteiger partial charge in [0.25, 0.3) is 0 Å². The third-order valence-corrected chi connectivity index (χ3v) is 5.62. The maximum Gasteiger partial charge on any atom is 0.313 e. The smallest absolute Gasteiger partial charge is 0.313 e. The van der Waals surface area contributed by atoms with Gasteiger partial charge in [-0.15, -0.1) is 0 Å². The van der Waals surface area contributed by atoms with E-state index in [9.17, 15) is 9.59 Å². The largest absolute Gasteiger partial charge is 0.481 e. The summed E-state index contributed by atoms with van der Waals surface area (Å²) in [6, 6.07) is 0. The Morgan fingerprint density at radius 1 is 1.12 bits per heavy atom. The van der Waals surface area contributed by atoms with Crippen LogP contribution in [0.4, 0.5) is 0 Å². The van der Waals surface area contributed by atoms with Crippen molar-refractivity contribution in [3.05, 3.63) is 0 Å². The molecule has 24 heavy (non-hydrogen) atoms. The van der Waals surface area contributed by atoms with E-state index in [1.54, 1.807) is 0 Å². The number of aliphatic carboxylic acids is 1. The number of carboxylic acid groups (broad SMARTS) is 1. The van der Waals surface area contributed by atoms with Crippen LogP contribution < -0.4 is 5.73 Å². The van der Waals surface area contributed by atoms with E-state index in [1.807, 2.05) is 48.7 Å². The molecule has 0 saturated heterocycles. The summed E-state index contributed by atoms with van der Waals surface area (Å²) in [6.45, 7) is 11.1. The van der Waals surface area contributed by atoms with Crippen molar-refractivity contribution in [3.8, 4) is 0 Å². The molecular weight excluding hydrogens is 423 g/mol. The predicted octanol–water partition coefficient (Wildman–Crippen LogP) is 2.43. The number of hydrogen-bond donors (Lipinski definition) is 2. The first kappa shape index (κ1) is 23.6. The summed E-state index contributed by atoms with van der Waals surface area (Å²) in [5.41, 5.74) is 4.97. The van der Waals surface area contributed by atoms with Crippen molar-refractivity contribution < 1.29 is 23.9 Å². The average Bonchev–Trinajstić information content (AvgIpc) is 2.32. The number of carbonyl (C=O) groups excluding carboxylic acids is 1. The second-order valence-corrected chi connectivity index (χ2v) is 11.3. The maximum atomic E-state index is 12.8. The molecule has 0 fully saturated rings. The van der Waals surface area contributed by atoms with Crippen molar-refractivity contribution in [1.29, 1.82) is 0 Å². The minimum atomic E-state index is -0.817. The number of halogens is 1. The van der Waals surface area contributed by atoms with Gasteiger partial charge in [-0.3, -0.25) is 9.59 Å². The van der Waals surface area contributed by atoms with Crippen molar-refractivity contribution in [2.24, 2.45) is 11.1 Å². The SMILES string of the molecule is CC(C)(N)CC(C)(C(=O)OCC[N+](C)(C)CCC(=O)O)C(C)(C)I. The molecule has 0 heterocycles. The van der Waals surface area contributed by atoms with Gasteiger partial charge in [0, 0.05) is 8.96 Å². The molecule has 142 valence electrons. The van der Waals surface area contributed by atoms with E-state index >= 15 is 0 Å². The number of esters is 1. The molecule has 0 aromatic rings. The summed E-state index contributed by atoms with van der Waals surface area (Å²) in [7, 11) is 3.86. The lowest BCUT2D eigenvalue weighted by Gasteiger charge is -2.42. The molecule has 0 rings (SSSR count).